The van der Waals surface area contributed by atoms with Crippen molar-refractivity contribution in [2.24, 2.45) is 0 Å². The molecule has 0 saturated carbocycles. The molecule has 6 heteroatoms. The Kier molecular flexibility index (Phi) is 3.40. The number of rotatable bonds is 3. The Morgan fingerprint density at radius 2 is 2.35 bits per heavy atom. The van der Waals surface area contributed by atoms with Crippen molar-refractivity contribution in [3.05, 3.63) is 22.7 Å². The Morgan fingerprint density at radius 3 is 3.06 bits per heavy atom. The molecule has 0 aromatic heterocycles. The van der Waals surface area contributed by atoms with Crippen molar-refractivity contribution in [1.29, 1.82) is 0 Å². The molecule has 2 rings (SSSR count). The van der Waals surface area contributed by atoms with Crippen LogP contribution in [0.2, 0.25) is 5.02 Å². The third-order valence-corrected chi connectivity index (χ3v) is 2.56. The Bertz CT molecular complexity index is 446. The molecule has 1 unspecified atom stereocenters. The van der Waals surface area contributed by atoms with E-state index < -0.39 is 12.1 Å². The molecule has 0 aliphatic carbocycles. The number of hydrogen-bond acceptors (Lipinski definition) is 5. The third-order valence-electron chi connectivity index (χ3n) is 2.28. The van der Waals surface area contributed by atoms with E-state index in [0.717, 1.165) is 0 Å². The van der Waals surface area contributed by atoms with E-state index in [1.54, 1.807) is 6.92 Å². The summed E-state index contributed by atoms with van der Waals surface area (Å²) in [4.78, 5) is 11.4. The number of aliphatic hydroxyl groups excluding tert-OH is 1. The molecule has 0 radical (unpaired) electrons. The second-order valence-corrected chi connectivity index (χ2v) is 3.80. The van der Waals surface area contributed by atoms with Crippen LogP contribution in [-0.4, -0.2) is 24.5 Å². The molecule has 5 nitrogen and oxygen atoms in total. The maximum atomic E-state index is 11.4. The van der Waals surface area contributed by atoms with Crippen LogP contribution in [0.25, 0.3) is 0 Å². The van der Waals surface area contributed by atoms with Gasteiger partial charge < -0.3 is 19.3 Å². The van der Waals surface area contributed by atoms with Crippen molar-refractivity contribution in [3.63, 3.8) is 0 Å². The van der Waals surface area contributed by atoms with E-state index in [0.29, 0.717) is 22.1 Å². The van der Waals surface area contributed by atoms with Crippen LogP contribution in [0.3, 0.4) is 0 Å². The molecule has 0 saturated heterocycles. The van der Waals surface area contributed by atoms with Crippen LogP contribution >= 0.6 is 11.6 Å². The maximum Gasteiger partial charge on any atom is 0.339 e. The predicted molar refractivity (Wildman–Crippen MR) is 59.2 cm³/mol. The second kappa shape index (κ2) is 4.81. The average molecular weight is 259 g/mol. The number of halogens is 1. The minimum absolute atomic E-state index is 0.0774. The Balaban J connectivity index is 2.28. The fourth-order valence-electron chi connectivity index (χ4n) is 1.50. The van der Waals surface area contributed by atoms with Gasteiger partial charge in [-0.3, -0.25) is 0 Å². The molecule has 1 aliphatic rings. The van der Waals surface area contributed by atoms with Crippen LogP contribution in [0.15, 0.2) is 12.1 Å². The molecule has 92 valence electrons. The number of ether oxygens (including phenoxy) is 3. The van der Waals surface area contributed by atoms with Gasteiger partial charge >= 0.3 is 5.97 Å². The lowest BCUT2D eigenvalue weighted by Crippen LogP contribution is -2.15. The molecule has 17 heavy (non-hydrogen) atoms. The van der Waals surface area contributed by atoms with Crippen LogP contribution in [0.4, 0.5) is 0 Å². The van der Waals surface area contributed by atoms with Gasteiger partial charge in [0.2, 0.25) is 6.79 Å². The summed E-state index contributed by atoms with van der Waals surface area (Å²) in [6.07, 6.45) is -1.37. The highest BCUT2D eigenvalue weighted by molar-refractivity contribution is 6.32. The minimum Gasteiger partial charge on any atom is -0.464 e. The summed E-state index contributed by atoms with van der Waals surface area (Å²) in [7, 11) is 0. The zero-order valence-corrected chi connectivity index (χ0v) is 9.86. The lowest BCUT2D eigenvalue weighted by molar-refractivity contribution is -0.153. The van der Waals surface area contributed by atoms with E-state index in [9.17, 15) is 9.90 Å². The highest BCUT2D eigenvalue weighted by atomic mass is 35.5. The molecule has 1 aromatic carbocycles. The van der Waals surface area contributed by atoms with Gasteiger partial charge in [0.05, 0.1) is 11.6 Å². The first-order valence-electron chi connectivity index (χ1n) is 5.07. The van der Waals surface area contributed by atoms with Crippen molar-refractivity contribution >= 4 is 17.6 Å². The normalized spacial score (nSPS) is 14.5. The van der Waals surface area contributed by atoms with Crippen molar-refractivity contribution in [2.45, 2.75) is 13.0 Å². The Morgan fingerprint density at radius 1 is 1.59 bits per heavy atom. The first-order chi connectivity index (χ1) is 8.13. The quantitative estimate of drug-likeness (QED) is 0.836. The lowest BCUT2D eigenvalue weighted by Gasteiger charge is -2.11. The van der Waals surface area contributed by atoms with E-state index in [4.69, 9.17) is 25.8 Å². The smallest absolute Gasteiger partial charge is 0.339 e. The van der Waals surface area contributed by atoms with Crippen molar-refractivity contribution in [1.82, 2.24) is 0 Å². The van der Waals surface area contributed by atoms with Crippen LogP contribution in [0.1, 0.15) is 18.6 Å². The summed E-state index contributed by atoms with van der Waals surface area (Å²) in [6.45, 7) is 1.94. The van der Waals surface area contributed by atoms with Gasteiger partial charge in [0.15, 0.2) is 17.6 Å². The number of fused-ring (bicyclic) bond motifs is 1. The van der Waals surface area contributed by atoms with E-state index in [1.165, 1.54) is 12.1 Å². The zero-order chi connectivity index (χ0) is 12.4. The van der Waals surface area contributed by atoms with Gasteiger partial charge in [0, 0.05) is 0 Å². The monoisotopic (exact) mass is 258 g/mol. The zero-order valence-electron chi connectivity index (χ0n) is 9.10. The van der Waals surface area contributed by atoms with Crippen LogP contribution < -0.4 is 9.47 Å². The number of carbonyl (C=O) groups excluding carboxylic acids is 1. The van der Waals surface area contributed by atoms with Gasteiger partial charge in [0.25, 0.3) is 0 Å². The Labute approximate surface area is 103 Å². The fraction of sp³-hybridized carbons (Fsp3) is 0.364. The van der Waals surface area contributed by atoms with Crippen molar-refractivity contribution in [3.8, 4) is 11.5 Å². The highest BCUT2D eigenvalue weighted by Crippen LogP contribution is 2.41. The highest BCUT2D eigenvalue weighted by Gasteiger charge is 2.24. The fourth-order valence-corrected chi connectivity index (χ4v) is 1.78. The Hall–Kier alpha value is -1.46. The summed E-state index contributed by atoms with van der Waals surface area (Å²) >= 11 is 5.93. The van der Waals surface area contributed by atoms with E-state index in [2.05, 4.69) is 0 Å². The molecule has 1 N–H and O–H groups in total. The standard InChI is InChI=1S/C11H11ClO5/c1-2-15-11(14)9(13)6-3-7(12)10-8(4-6)16-5-17-10/h3-4,9,13H,2,5H2,1H3. The van der Waals surface area contributed by atoms with Crippen molar-refractivity contribution in [2.75, 3.05) is 13.4 Å². The molecule has 0 bridgehead atoms. The summed E-state index contributed by atoms with van der Waals surface area (Å²) in [5.41, 5.74) is 0.317. The predicted octanol–water partition coefficient (Wildman–Crippen LogP) is 1.67. The molecule has 0 fully saturated rings. The summed E-state index contributed by atoms with van der Waals surface area (Å²) in [5.74, 6) is 0.116. The molecule has 1 aliphatic heterocycles. The maximum absolute atomic E-state index is 11.4. The van der Waals surface area contributed by atoms with Gasteiger partial charge in [-0.2, -0.15) is 0 Å². The van der Waals surface area contributed by atoms with Gasteiger partial charge in [0.1, 0.15) is 0 Å². The summed E-state index contributed by atoms with van der Waals surface area (Å²) < 4.78 is 15.0. The number of hydrogen-bond donors (Lipinski definition) is 1. The third kappa shape index (κ3) is 2.30. The number of esters is 1. The van der Waals surface area contributed by atoms with Crippen LogP contribution in [0, 0.1) is 0 Å². The number of aliphatic hydroxyl groups is 1. The summed E-state index contributed by atoms with van der Waals surface area (Å²) in [6, 6.07) is 2.96. The van der Waals surface area contributed by atoms with Gasteiger partial charge in [-0.25, -0.2) is 4.79 Å². The topological polar surface area (TPSA) is 65.0 Å². The van der Waals surface area contributed by atoms with E-state index >= 15 is 0 Å². The van der Waals surface area contributed by atoms with Gasteiger partial charge in [-0.15, -0.1) is 0 Å². The van der Waals surface area contributed by atoms with E-state index in [1.807, 2.05) is 0 Å². The molecule has 1 heterocycles. The SMILES string of the molecule is CCOC(=O)C(O)c1cc(Cl)c2c(c1)OCO2. The van der Waals surface area contributed by atoms with Crippen molar-refractivity contribution < 1.29 is 24.1 Å². The minimum atomic E-state index is -1.37. The van der Waals surface area contributed by atoms with Gasteiger partial charge in [-0.1, -0.05) is 11.6 Å². The number of carbonyl (C=O) groups is 1. The first kappa shape index (κ1) is 12.0. The van der Waals surface area contributed by atoms with Gasteiger partial charge in [-0.05, 0) is 24.6 Å². The molecular formula is C11H11ClO5. The second-order valence-electron chi connectivity index (χ2n) is 3.39. The molecular weight excluding hydrogens is 248 g/mol. The number of benzene rings is 1. The molecule has 1 atom stereocenters. The molecule has 1 aromatic rings. The average Bonchev–Trinajstić information content (AvgIpc) is 2.77. The van der Waals surface area contributed by atoms with Crippen LogP contribution in [0.5, 0.6) is 11.5 Å². The summed E-state index contributed by atoms with van der Waals surface area (Å²) in [5, 5.41) is 10.0. The van der Waals surface area contributed by atoms with Crippen LogP contribution in [-0.2, 0) is 9.53 Å². The first-order valence-corrected chi connectivity index (χ1v) is 5.45. The largest absolute Gasteiger partial charge is 0.464 e. The van der Waals surface area contributed by atoms with E-state index in [-0.39, 0.29) is 13.4 Å². The molecule has 0 amide bonds. The molecule has 0 spiro atoms. The lowest BCUT2D eigenvalue weighted by atomic mass is 10.1.